The molecular formula is C14H12N2O3. The number of amides is 1. The highest BCUT2D eigenvalue weighted by atomic mass is 16.3. The summed E-state index contributed by atoms with van der Waals surface area (Å²) in [6, 6.07) is 10.1. The summed E-state index contributed by atoms with van der Waals surface area (Å²) < 4.78 is 0. The van der Waals surface area contributed by atoms with Crippen LogP contribution in [0.4, 0.5) is 0 Å². The van der Waals surface area contributed by atoms with Crippen molar-refractivity contribution in [1.82, 2.24) is 4.90 Å². The lowest BCUT2D eigenvalue weighted by molar-refractivity contribution is -0.128. The van der Waals surface area contributed by atoms with Crippen LogP contribution in [0.15, 0.2) is 41.7 Å². The number of hydrogen-bond acceptors (Lipinski definition) is 4. The van der Waals surface area contributed by atoms with Crippen LogP contribution in [0, 0.1) is 11.3 Å². The van der Waals surface area contributed by atoms with E-state index in [-0.39, 0.29) is 17.9 Å². The van der Waals surface area contributed by atoms with Crippen LogP contribution >= 0.6 is 0 Å². The van der Waals surface area contributed by atoms with Crippen LogP contribution < -0.4 is 0 Å². The lowest BCUT2D eigenvalue weighted by Gasteiger charge is -2.23. The van der Waals surface area contributed by atoms with Crippen LogP contribution in [0.25, 0.3) is 0 Å². The minimum atomic E-state index is -0.689. The van der Waals surface area contributed by atoms with Gasteiger partial charge in [-0.15, -0.1) is 0 Å². The van der Waals surface area contributed by atoms with Crippen molar-refractivity contribution in [2.45, 2.75) is 13.0 Å². The lowest BCUT2D eigenvalue weighted by atomic mass is 9.97. The molecule has 5 heteroatoms. The molecule has 0 saturated heterocycles. The van der Waals surface area contributed by atoms with Gasteiger partial charge in [-0.05, 0) is 12.5 Å². The third kappa shape index (κ3) is 2.08. The van der Waals surface area contributed by atoms with E-state index in [0.717, 1.165) is 0 Å². The highest BCUT2D eigenvalue weighted by molar-refractivity contribution is 6.08. The first kappa shape index (κ1) is 12.8. The zero-order chi connectivity index (χ0) is 14.0. The fourth-order valence-corrected chi connectivity index (χ4v) is 2.23. The van der Waals surface area contributed by atoms with E-state index in [1.165, 1.54) is 11.8 Å². The molecule has 2 rings (SSSR count). The third-order valence-corrected chi connectivity index (χ3v) is 3.04. The molecule has 1 amide bonds. The summed E-state index contributed by atoms with van der Waals surface area (Å²) >= 11 is 0. The van der Waals surface area contributed by atoms with E-state index in [4.69, 9.17) is 5.26 Å². The van der Waals surface area contributed by atoms with Gasteiger partial charge in [-0.25, -0.2) is 0 Å². The first-order valence-electron chi connectivity index (χ1n) is 5.75. The van der Waals surface area contributed by atoms with Crippen molar-refractivity contribution in [3.05, 3.63) is 47.2 Å². The average Bonchev–Trinajstić information content (AvgIpc) is 2.65. The number of nitriles is 1. The number of aliphatic hydroxyl groups is 1. The number of hydrogen-bond donors (Lipinski definition) is 1. The van der Waals surface area contributed by atoms with E-state index < -0.39 is 17.7 Å². The molecule has 1 aromatic carbocycles. The maximum atomic E-state index is 11.9. The molecule has 96 valence electrons. The maximum Gasteiger partial charge on any atom is 0.290 e. The summed E-state index contributed by atoms with van der Waals surface area (Å²) in [6.07, 6.45) is 0. The first-order chi connectivity index (χ1) is 9.07. The number of aliphatic hydroxyl groups excluding tert-OH is 1. The Labute approximate surface area is 110 Å². The number of nitrogens with zero attached hydrogens (tertiary/aromatic N) is 2. The molecule has 0 bridgehead atoms. The minimum absolute atomic E-state index is 0.0476. The molecule has 0 aromatic heterocycles. The second kappa shape index (κ2) is 4.94. The summed E-state index contributed by atoms with van der Waals surface area (Å²) in [4.78, 5) is 24.8. The summed E-state index contributed by atoms with van der Waals surface area (Å²) in [5.74, 6) is -1.61. The van der Waals surface area contributed by atoms with Crippen LogP contribution in [0.5, 0.6) is 0 Å². The lowest BCUT2D eigenvalue weighted by Crippen LogP contribution is -2.31. The second-order valence-corrected chi connectivity index (χ2v) is 4.22. The topological polar surface area (TPSA) is 81.4 Å². The minimum Gasteiger partial charge on any atom is -0.503 e. The second-order valence-electron chi connectivity index (χ2n) is 4.22. The Balaban J connectivity index is 2.55. The maximum absolute atomic E-state index is 11.9. The molecule has 1 atom stereocenters. The zero-order valence-electron chi connectivity index (χ0n) is 10.3. The Hall–Kier alpha value is -2.61. The Morgan fingerprint density at radius 1 is 1.42 bits per heavy atom. The predicted molar refractivity (Wildman–Crippen MR) is 66.8 cm³/mol. The van der Waals surface area contributed by atoms with Crippen molar-refractivity contribution in [3.63, 3.8) is 0 Å². The molecule has 0 saturated carbocycles. The van der Waals surface area contributed by atoms with E-state index >= 15 is 0 Å². The number of carbonyl (C=O) groups excluding carboxylic acids is 2. The number of ketones is 1. The van der Waals surface area contributed by atoms with Gasteiger partial charge >= 0.3 is 0 Å². The van der Waals surface area contributed by atoms with Crippen molar-refractivity contribution >= 4 is 11.7 Å². The number of benzene rings is 1. The SMILES string of the molecule is CC(=O)C1=C(O)C(=O)N(CC#N)C1c1ccccc1. The van der Waals surface area contributed by atoms with Gasteiger partial charge in [0.2, 0.25) is 0 Å². The molecule has 19 heavy (non-hydrogen) atoms. The van der Waals surface area contributed by atoms with E-state index in [2.05, 4.69) is 0 Å². The van der Waals surface area contributed by atoms with Gasteiger partial charge in [0.1, 0.15) is 6.54 Å². The van der Waals surface area contributed by atoms with Crippen LogP contribution in [-0.4, -0.2) is 28.2 Å². The Morgan fingerprint density at radius 2 is 2.05 bits per heavy atom. The summed E-state index contributed by atoms with van der Waals surface area (Å²) in [7, 11) is 0. The van der Waals surface area contributed by atoms with E-state index in [9.17, 15) is 14.7 Å². The molecular weight excluding hydrogens is 244 g/mol. The van der Waals surface area contributed by atoms with Crippen LogP contribution in [0.1, 0.15) is 18.5 Å². The zero-order valence-corrected chi connectivity index (χ0v) is 10.3. The van der Waals surface area contributed by atoms with Gasteiger partial charge in [-0.2, -0.15) is 5.26 Å². The smallest absolute Gasteiger partial charge is 0.290 e. The molecule has 0 radical (unpaired) electrons. The molecule has 0 aliphatic carbocycles. The highest BCUT2D eigenvalue weighted by Gasteiger charge is 2.42. The normalized spacial score (nSPS) is 18.6. The quantitative estimate of drug-likeness (QED) is 0.831. The van der Waals surface area contributed by atoms with Gasteiger partial charge in [0.15, 0.2) is 11.5 Å². The molecule has 1 unspecified atom stereocenters. The Morgan fingerprint density at radius 3 is 2.58 bits per heavy atom. The van der Waals surface area contributed by atoms with Crippen molar-refractivity contribution in [1.29, 1.82) is 5.26 Å². The summed E-state index contributed by atoms with van der Waals surface area (Å²) in [5.41, 5.74) is 0.742. The fourth-order valence-electron chi connectivity index (χ4n) is 2.23. The van der Waals surface area contributed by atoms with E-state index in [1.54, 1.807) is 24.3 Å². The third-order valence-electron chi connectivity index (χ3n) is 3.04. The van der Waals surface area contributed by atoms with Gasteiger partial charge in [0.25, 0.3) is 5.91 Å². The van der Waals surface area contributed by atoms with Gasteiger partial charge in [0, 0.05) is 0 Å². The van der Waals surface area contributed by atoms with Gasteiger partial charge in [-0.3, -0.25) is 9.59 Å². The molecule has 5 nitrogen and oxygen atoms in total. The van der Waals surface area contributed by atoms with Gasteiger partial charge < -0.3 is 10.0 Å². The van der Waals surface area contributed by atoms with Gasteiger partial charge in [-0.1, -0.05) is 30.3 Å². The number of Topliss-reactive ketones (excluding diaryl/α,β-unsaturated/α-hetero) is 1. The number of rotatable bonds is 3. The Bertz CT molecular complexity index is 599. The molecule has 0 fully saturated rings. The van der Waals surface area contributed by atoms with E-state index in [1.807, 2.05) is 12.1 Å². The van der Waals surface area contributed by atoms with Crippen molar-refractivity contribution in [3.8, 4) is 6.07 Å². The van der Waals surface area contributed by atoms with E-state index in [0.29, 0.717) is 5.56 Å². The fraction of sp³-hybridized carbons (Fsp3) is 0.214. The van der Waals surface area contributed by atoms with Crippen molar-refractivity contribution < 1.29 is 14.7 Å². The highest BCUT2D eigenvalue weighted by Crippen LogP contribution is 2.36. The molecule has 1 aliphatic heterocycles. The summed E-state index contributed by atoms with van der Waals surface area (Å²) in [5, 5.41) is 18.6. The molecule has 1 aromatic rings. The largest absolute Gasteiger partial charge is 0.503 e. The van der Waals surface area contributed by atoms with Crippen LogP contribution in [-0.2, 0) is 9.59 Å². The van der Waals surface area contributed by atoms with Crippen molar-refractivity contribution in [2.24, 2.45) is 0 Å². The first-order valence-corrected chi connectivity index (χ1v) is 5.75. The van der Waals surface area contributed by atoms with Crippen molar-refractivity contribution in [2.75, 3.05) is 6.54 Å². The average molecular weight is 256 g/mol. The van der Waals surface area contributed by atoms with Crippen LogP contribution in [0.2, 0.25) is 0 Å². The summed E-state index contributed by atoms with van der Waals surface area (Å²) in [6.45, 7) is 1.11. The molecule has 1 heterocycles. The number of carbonyl (C=O) groups is 2. The standard InChI is InChI=1S/C14H12N2O3/c1-9(17)11-12(10-5-3-2-4-6-10)16(8-7-15)14(19)13(11)18/h2-6,12,18H,8H2,1H3. The van der Waals surface area contributed by atoms with Gasteiger partial charge in [0.05, 0.1) is 17.7 Å². The molecule has 1 N–H and O–H groups in total. The molecule has 0 spiro atoms. The predicted octanol–water partition coefficient (Wildman–Crippen LogP) is 1.49. The monoisotopic (exact) mass is 256 g/mol. The van der Waals surface area contributed by atoms with Crippen LogP contribution in [0.3, 0.4) is 0 Å². The Kier molecular flexibility index (Phi) is 3.34. The molecule has 1 aliphatic rings.